The first-order valence-electron chi connectivity index (χ1n) is 7.14. The Labute approximate surface area is 146 Å². The number of amides is 1. The van der Waals surface area contributed by atoms with Crippen LogP contribution in [0.1, 0.15) is 6.92 Å². The van der Waals surface area contributed by atoms with E-state index < -0.39 is 0 Å². The third-order valence-corrected chi connectivity index (χ3v) is 4.85. The van der Waals surface area contributed by atoms with Crippen LogP contribution in [-0.4, -0.2) is 30.9 Å². The maximum absolute atomic E-state index is 12.3. The zero-order valence-electron chi connectivity index (χ0n) is 12.9. The first-order chi connectivity index (χ1) is 11.7. The monoisotopic (exact) mass is 361 g/mol. The van der Waals surface area contributed by atoms with E-state index in [0.717, 1.165) is 0 Å². The molecule has 9 heteroatoms. The quantitative estimate of drug-likeness (QED) is 0.513. The van der Waals surface area contributed by atoms with Crippen LogP contribution in [0.5, 0.6) is 0 Å². The van der Waals surface area contributed by atoms with E-state index in [1.807, 2.05) is 22.9 Å². The fraction of sp³-hybridized carbons (Fsp3) is 0.200. The molecular weight excluding hydrogens is 346 g/mol. The molecule has 3 rings (SSSR count). The Morgan fingerprint density at radius 2 is 2.46 bits per heavy atom. The van der Waals surface area contributed by atoms with E-state index in [9.17, 15) is 4.79 Å². The molecule has 3 heterocycles. The van der Waals surface area contributed by atoms with Crippen molar-refractivity contribution in [2.45, 2.75) is 23.9 Å². The molecule has 0 aliphatic carbocycles. The molecule has 0 aliphatic heterocycles. The van der Waals surface area contributed by atoms with Gasteiger partial charge in [0.25, 0.3) is 0 Å². The summed E-state index contributed by atoms with van der Waals surface area (Å²) in [5, 5.41) is 13.8. The summed E-state index contributed by atoms with van der Waals surface area (Å²) in [7, 11) is 0. The van der Waals surface area contributed by atoms with Crippen LogP contribution in [0.3, 0.4) is 0 Å². The largest absolute Gasteiger partial charge is 0.461 e. The second kappa shape index (κ2) is 7.45. The predicted molar refractivity (Wildman–Crippen MR) is 94.0 cm³/mol. The molecule has 0 fully saturated rings. The van der Waals surface area contributed by atoms with Crippen molar-refractivity contribution in [3.05, 3.63) is 42.6 Å². The summed E-state index contributed by atoms with van der Waals surface area (Å²) in [6.07, 6.45) is 4.98. The number of thiazole rings is 1. The number of thioether (sulfide) groups is 1. The standard InChI is InChI=1S/C15H15N5O2S2/c1-3-7-20-12(11-5-4-8-22-11)18-19-15(20)24-10(2)13(21)17-14-16-6-9-23-14/h3-6,8-10H,1,7H2,2H3,(H,16,17,21)/t10-/m1/s1. The average Bonchev–Trinajstić information content (AvgIpc) is 3.30. The molecule has 3 aromatic heterocycles. The van der Waals surface area contributed by atoms with E-state index >= 15 is 0 Å². The van der Waals surface area contributed by atoms with Gasteiger partial charge in [-0.3, -0.25) is 9.36 Å². The van der Waals surface area contributed by atoms with Gasteiger partial charge in [-0.15, -0.1) is 28.1 Å². The second-order valence-electron chi connectivity index (χ2n) is 4.77. The van der Waals surface area contributed by atoms with Crippen LogP contribution in [0.2, 0.25) is 0 Å². The van der Waals surface area contributed by atoms with Gasteiger partial charge in [-0.1, -0.05) is 17.8 Å². The highest BCUT2D eigenvalue weighted by atomic mass is 32.2. The third-order valence-electron chi connectivity index (χ3n) is 3.08. The second-order valence-corrected chi connectivity index (χ2v) is 6.97. The number of hydrogen-bond acceptors (Lipinski definition) is 7. The maximum atomic E-state index is 12.3. The minimum Gasteiger partial charge on any atom is -0.461 e. The molecule has 0 bridgehead atoms. The van der Waals surface area contributed by atoms with Crippen molar-refractivity contribution in [3.63, 3.8) is 0 Å². The van der Waals surface area contributed by atoms with Gasteiger partial charge in [-0.25, -0.2) is 4.98 Å². The van der Waals surface area contributed by atoms with Crippen molar-refractivity contribution in [1.29, 1.82) is 0 Å². The molecule has 0 aromatic carbocycles. The lowest BCUT2D eigenvalue weighted by molar-refractivity contribution is -0.115. The van der Waals surface area contributed by atoms with E-state index in [0.29, 0.717) is 28.4 Å². The molecule has 7 nitrogen and oxygen atoms in total. The zero-order valence-corrected chi connectivity index (χ0v) is 14.5. The van der Waals surface area contributed by atoms with Crippen LogP contribution >= 0.6 is 23.1 Å². The van der Waals surface area contributed by atoms with Gasteiger partial charge < -0.3 is 9.73 Å². The smallest absolute Gasteiger partial charge is 0.239 e. The van der Waals surface area contributed by atoms with Crippen molar-refractivity contribution >= 4 is 34.1 Å². The van der Waals surface area contributed by atoms with Gasteiger partial charge in [0.15, 0.2) is 16.0 Å². The highest BCUT2D eigenvalue weighted by Gasteiger charge is 2.21. The van der Waals surface area contributed by atoms with Crippen molar-refractivity contribution in [2.75, 3.05) is 5.32 Å². The molecule has 0 spiro atoms. The van der Waals surface area contributed by atoms with E-state index in [1.165, 1.54) is 23.1 Å². The Hall–Kier alpha value is -2.39. The lowest BCUT2D eigenvalue weighted by atomic mass is 10.4. The maximum Gasteiger partial charge on any atom is 0.239 e. The molecule has 3 aromatic rings. The Morgan fingerprint density at radius 1 is 1.58 bits per heavy atom. The number of allylic oxidation sites excluding steroid dienone is 1. The van der Waals surface area contributed by atoms with Crippen LogP contribution in [0.25, 0.3) is 11.6 Å². The Balaban J connectivity index is 1.76. The van der Waals surface area contributed by atoms with Crippen LogP contribution in [0.15, 0.2) is 52.2 Å². The van der Waals surface area contributed by atoms with Crippen molar-refractivity contribution < 1.29 is 9.21 Å². The SMILES string of the molecule is C=CCn1c(S[C@H](C)C(=O)Nc2nccs2)nnc1-c1ccco1. The number of furan rings is 1. The summed E-state index contributed by atoms with van der Waals surface area (Å²) in [5.41, 5.74) is 0. The van der Waals surface area contributed by atoms with Gasteiger partial charge in [-0.2, -0.15) is 0 Å². The minimum absolute atomic E-state index is 0.136. The van der Waals surface area contributed by atoms with Gasteiger partial charge in [0, 0.05) is 18.1 Å². The van der Waals surface area contributed by atoms with Gasteiger partial charge in [-0.05, 0) is 19.1 Å². The molecule has 0 saturated heterocycles. The summed E-state index contributed by atoms with van der Waals surface area (Å²) >= 11 is 2.70. The number of anilines is 1. The van der Waals surface area contributed by atoms with Crippen molar-refractivity contribution in [1.82, 2.24) is 19.7 Å². The van der Waals surface area contributed by atoms with Crippen LogP contribution < -0.4 is 5.32 Å². The number of nitrogens with zero attached hydrogens (tertiary/aromatic N) is 4. The Morgan fingerprint density at radius 3 is 3.12 bits per heavy atom. The number of nitrogens with one attached hydrogen (secondary N) is 1. The van der Waals surface area contributed by atoms with Crippen LogP contribution in [0, 0.1) is 0 Å². The van der Waals surface area contributed by atoms with Gasteiger partial charge in [0.1, 0.15) is 0 Å². The Bertz CT molecular complexity index is 811. The fourth-order valence-corrected chi connectivity index (χ4v) is 3.35. The van der Waals surface area contributed by atoms with E-state index in [-0.39, 0.29) is 11.2 Å². The van der Waals surface area contributed by atoms with Crippen molar-refractivity contribution in [3.8, 4) is 11.6 Å². The summed E-state index contributed by atoms with van der Waals surface area (Å²) in [4.78, 5) is 16.3. The molecule has 1 atom stereocenters. The molecule has 0 unspecified atom stereocenters. The summed E-state index contributed by atoms with van der Waals surface area (Å²) in [6, 6.07) is 3.61. The molecule has 0 aliphatic rings. The van der Waals surface area contributed by atoms with Crippen molar-refractivity contribution in [2.24, 2.45) is 0 Å². The topological polar surface area (TPSA) is 85.8 Å². The fourth-order valence-electron chi connectivity index (χ4n) is 1.96. The first kappa shape index (κ1) is 16.5. The van der Waals surface area contributed by atoms with Crippen LogP contribution in [0.4, 0.5) is 5.13 Å². The Kier molecular flexibility index (Phi) is 5.11. The van der Waals surface area contributed by atoms with E-state index in [4.69, 9.17) is 4.42 Å². The molecule has 0 saturated carbocycles. The average molecular weight is 361 g/mol. The minimum atomic E-state index is -0.355. The summed E-state index contributed by atoms with van der Waals surface area (Å²) in [5.74, 6) is 1.09. The van der Waals surface area contributed by atoms with E-state index in [2.05, 4.69) is 27.1 Å². The first-order valence-corrected chi connectivity index (χ1v) is 8.90. The molecular formula is C15H15N5O2S2. The predicted octanol–water partition coefficient (Wildman–Crippen LogP) is 3.30. The molecule has 1 N–H and O–H groups in total. The summed E-state index contributed by atoms with van der Waals surface area (Å²) < 4.78 is 7.25. The lowest BCUT2D eigenvalue weighted by Crippen LogP contribution is -2.22. The highest BCUT2D eigenvalue weighted by molar-refractivity contribution is 8.00. The van der Waals surface area contributed by atoms with Gasteiger partial charge >= 0.3 is 0 Å². The van der Waals surface area contributed by atoms with Gasteiger partial charge in [0.2, 0.25) is 11.7 Å². The molecule has 124 valence electrons. The number of rotatable bonds is 7. The molecule has 24 heavy (non-hydrogen) atoms. The number of hydrogen-bond donors (Lipinski definition) is 1. The highest BCUT2D eigenvalue weighted by Crippen LogP contribution is 2.27. The molecule has 0 radical (unpaired) electrons. The van der Waals surface area contributed by atoms with Gasteiger partial charge in [0.05, 0.1) is 11.5 Å². The van der Waals surface area contributed by atoms with Crippen LogP contribution in [-0.2, 0) is 11.3 Å². The number of carbonyl (C=O) groups excluding carboxylic acids is 1. The van der Waals surface area contributed by atoms with E-state index in [1.54, 1.807) is 24.6 Å². The number of carbonyl (C=O) groups is 1. The molecule has 1 amide bonds. The summed E-state index contributed by atoms with van der Waals surface area (Å²) in [6.45, 7) is 6.09. The normalized spacial score (nSPS) is 12.0. The zero-order chi connectivity index (χ0) is 16.9. The number of aromatic nitrogens is 4. The lowest BCUT2D eigenvalue weighted by Gasteiger charge is -2.11. The third kappa shape index (κ3) is 3.57.